The van der Waals surface area contributed by atoms with E-state index in [9.17, 15) is 5.11 Å². The van der Waals surface area contributed by atoms with Crippen molar-refractivity contribution in [2.45, 2.75) is 44.8 Å². The monoisotopic (exact) mass is 240 g/mol. The normalized spacial score (nSPS) is 24.7. The fraction of sp³-hybridized carbons (Fsp3) is 0.538. The highest BCUT2D eigenvalue weighted by atomic mass is 35.5. The molecule has 0 unspecified atom stereocenters. The lowest BCUT2D eigenvalue weighted by atomic mass is 10.1. The summed E-state index contributed by atoms with van der Waals surface area (Å²) in [6, 6.07) is 5.69. The number of hydrogen-bond donors (Lipinski definition) is 1. The topological polar surface area (TPSA) is 29.5 Å². The zero-order chi connectivity index (χ0) is 11.5. The molecule has 0 saturated heterocycles. The molecule has 0 bridgehead atoms. The highest BCUT2D eigenvalue weighted by Gasteiger charge is 2.26. The summed E-state index contributed by atoms with van der Waals surface area (Å²) in [6.45, 7) is 2.06. The quantitative estimate of drug-likeness (QED) is 0.879. The summed E-state index contributed by atoms with van der Waals surface area (Å²) in [7, 11) is 0. The molecule has 0 spiro atoms. The van der Waals surface area contributed by atoms with Gasteiger partial charge in [-0.1, -0.05) is 18.5 Å². The molecule has 16 heavy (non-hydrogen) atoms. The Morgan fingerprint density at radius 2 is 2.25 bits per heavy atom. The lowest BCUT2D eigenvalue weighted by molar-refractivity contribution is 0.0603. The van der Waals surface area contributed by atoms with Gasteiger partial charge in [-0.25, -0.2) is 0 Å². The van der Waals surface area contributed by atoms with Crippen LogP contribution in [0.15, 0.2) is 18.2 Å². The van der Waals surface area contributed by atoms with Crippen molar-refractivity contribution in [3.05, 3.63) is 28.8 Å². The number of aliphatic hydroxyl groups is 1. The Morgan fingerprint density at radius 3 is 2.88 bits per heavy atom. The van der Waals surface area contributed by atoms with Crippen LogP contribution in [0.4, 0.5) is 0 Å². The van der Waals surface area contributed by atoms with Gasteiger partial charge in [-0.15, -0.1) is 0 Å². The minimum Gasteiger partial charge on any atom is -0.488 e. The molecule has 1 N–H and O–H groups in total. The van der Waals surface area contributed by atoms with Gasteiger partial charge in [-0.3, -0.25) is 0 Å². The number of aliphatic hydroxyl groups excluding tert-OH is 1. The highest BCUT2D eigenvalue weighted by Crippen LogP contribution is 2.27. The van der Waals surface area contributed by atoms with E-state index in [-0.39, 0.29) is 12.2 Å². The molecule has 2 atom stereocenters. The van der Waals surface area contributed by atoms with Crippen molar-refractivity contribution in [1.29, 1.82) is 0 Å². The second-order valence-corrected chi connectivity index (χ2v) is 4.67. The number of hydrogen-bond acceptors (Lipinski definition) is 2. The number of aryl methyl sites for hydroxylation is 1. The summed E-state index contributed by atoms with van der Waals surface area (Å²) in [5, 5.41) is 10.5. The Kier molecular flexibility index (Phi) is 3.72. The largest absolute Gasteiger partial charge is 0.488 e. The number of halogens is 1. The van der Waals surface area contributed by atoms with Gasteiger partial charge in [-0.05, 0) is 49.4 Å². The summed E-state index contributed by atoms with van der Waals surface area (Å²) >= 11 is 6.04. The van der Waals surface area contributed by atoms with Crippen LogP contribution in [0.25, 0.3) is 0 Å². The molecule has 0 radical (unpaired) electrons. The predicted octanol–water partition coefficient (Wildman–Crippen LogP) is 3.19. The van der Waals surface area contributed by atoms with Gasteiger partial charge in [0, 0.05) is 5.02 Å². The number of ether oxygens (including phenoxy) is 1. The van der Waals surface area contributed by atoms with Gasteiger partial charge in [-0.2, -0.15) is 0 Å². The van der Waals surface area contributed by atoms with E-state index in [2.05, 4.69) is 6.92 Å². The van der Waals surface area contributed by atoms with E-state index in [4.69, 9.17) is 16.3 Å². The zero-order valence-electron chi connectivity index (χ0n) is 9.45. The van der Waals surface area contributed by atoms with Gasteiger partial charge in [0.1, 0.15) is 11.9 Å². The first-order valence-electron chi connectivity index (χ1n) is 5.84. The fourth-order valence-electron chi connectivity index (χ4n) is 2.11. The maximum atomic E-state index is 9.68. The molecule has 1 fully saturated rings. The lowest BCUT2D eigenvalue weighted by Gasteiger charge is -2.17. The maximum Gasteiger partial charge on any atom is 0.124 e. The molecule has 0 aliphatic heterocycles. The summed E-state index contributed by atoms with van der Waals surface area (Å²) in [4.78, 5) is 0. The smallest absolute Gasteiger partial charge is 0.124 e. The van der Waals surface area contributed by atoms with Crippen LogP contribution < -0.4 is 4.74 Å². The summed E-state index contributed by atoms with van der Waals surface area (Å²) in [5.41, 5.74) is 1.09. The molecule has 0 heterocycles. The summed E-state index contributed by atoms with van der Waals surface area (Å²) in [6.07, 6.45) is 3.35. The molecule has 2 rings (SSSR count). The minimum absolute atomic E-state index is 0.0501. The van der Waals surface area contributed by atoms with Crippen LogP contribution >= 0.6 is 11.6 Å². The second kappa shape index (κ2) is 5.07. The third-order valence-electron chi connectivity index (χ3n) is 3.10. The Morgan fingerprint density at radius 1 is 1.44 bits per heavy atom. The van der Waals surface area contributed by atoms with Crippen molar-refractivity contribution in [2.24, 2.45) is 0 Å². The van der Waals surface area contributed by atoms with Crippen molar-refractivity contribution in [3.63, 3.8) is 0 Å². The Hall–Kier alpha value is -0.730. The molecular weight excluding hydrogens is 224 g/mol. The van der Waals surface area contributed by atoms with E-state index in [1.165, 1.54) is 0 Å². The Labute approximate surface area is 101 Å². The molecule has 3 heteroatoms. The van der Waals surface area contributed by atoms with Crippen molar-refractivity contribution < 1.29 is 9.84 Å². The lowest BCUT2D eigenvalue weighted by Crippen LogP contribution is -2.25. The van der Waals surface area contributed by atoms with Crippen LogP contribution in [-0.4, -0.2) is 17.3 Å². The summed E-state index contributed by atoms with van der Waals surface area (Å²) < 4.78 is 5.78. The minimum atomic E-state index is -0.319. The Bertz CT molecular complexity index is 365. The van der Waals surface area contributed by atoms with Crippen LogP contribution in [0.3, 0.4) is 0 Å². The van der Waals surface area contributed by atoms with Crippen molar-refractivity contribution in [2.75, 3.05) is 0 Å². The van der Waals surface area contributed by atoms with Crippen LogP contribution in [0.1, 0.15) is 31.7 Å². The van der Waals surface area contributed by atoms with Gasteiger partial charge >= 0.3 is 0 Å². The van der Waals surface area contributed by atoms with E-state index >= 15 is 0 Å². The van der Waals surface area contributed by atoms with E-state index < -0.39 is 0 Å². The van der Waals surface area contributed by atoms with Gasteiger partial charge in [0.25, 0.3) is 0 Å². The fourth-order valence-corrected chi connectivity index (χ4v) is 2.37. The average molecular weight is 241 g/mol. The number of rotatable bonds is 3. The first-order chi connectivity index (χ1) is 7.70. The first-order valence-corrected chi connectivity index (χ1v) is 6.21. The van der Waals surface area contributed by atoms with Gasteiger partial charge < -0.3 is 9.84 Å². The molecule has 1 saturated carbocycles. The summed E-state index contributed by atoms with van der Waals surface area (Å²) in [5.74, 6) is 0.812. The van der Waals surface area contributed by atoms with Crippen LogP contribution in [-0.2, 0) is 6.42 Å². The number of benzene rings is 1. The standard InChI is InChI=1S/C13H17ClO2/c1-2-9-8-10(6-7-11(9)14)16-13-5-3-4-12(13)15/h6-8,12-13,15H,2-5H2,1H3/t12-,13-/m1/s1. The molecule has 1 aromatic carbocycles. The van der Waals surface area contributed by atoms with E-state index in [0.717, 1.165) is 42.0 Å². The molecule has 1 aliphatic carbocycles. The van der Waals surface area contributed by atoms with E-state index in [0.29, 0.717) is 0 Å². The molecule has 1 aromatic rings. The van der Waals surface area contributed by atoms with Gasteiger partial charge in [0.2, 0.25) is 0 Å². The molecule has 0 amide bonds. The van der Waals surface area contributed by atoms with Crippen LogP contribution in [0.5, 0.6) is 5.75 Å². The van der Waals surface area contributed by atoms with Crippen molar-refractivity contribution in [1.82, 2.24) is 0 Å². The van der Waals surface area contributed by atoms with Crippen molar-refractivity contribution in [3.8, 4) is 5.75 Å². The third-order valence-corrected chi connectivity index (χ3v) is 3.47. The molecule has 1 aliphatic rings. The van der Waals surface area contributed by atoms with Crippen LogP contribution in [0.2, 0.25) is 5.02 Å². The first kappa shape index (κ1) is 11.7. The molecule has 2 nitrogen and oxygen atoms in total. The van der Waals surface area contributed by atoms with Gasteiger partial charge in [0.15, 0.2) is 0 Å². The molecule has 0 aromatic heterocycles. The van der Waals surface area contributed by atoms with Gasteiger partial charge in [0.05, 0.1) is 6.10 Å². The SMILES string of the molecule is CCc1cc(O[C@@H]2CCC[C@H]2O)ccc1Cl. The molecular formula is C13H17ClO2. The Balaban J connectivity index is 2.09. The van der Waals surface area contributed by atoms with Crippen LogP contribution in [0, 0.1) is 0 Å². The second-order valence-electron chi connectivity index (χ2n) is 4.26. The maximum absolute atomic E-state index is 9.68. The molecule has 88 valence electrons. The highest BCUT2D eigenvalue weighted by molar-refractivity contribution is 6.31. The average Bonchev–Trinajstić information content (AvgIpc) is 2.67. The van der Waals surface area contributed by atoms with Crippen molar-refractivity contribution >= 4 is 11.6 Å². The van der Waals surface area contributed by atoms with E-state index in [1.54, 1.807) is 0 Å². The van der Waals surface area contributed by atoms with E-state index in [1.807, 2.05) is 18.2 Å². The third kappa shape index (κ3) is 2.50. The zero-order valence-corrected chi connectivity index (χ0v) is 10.2. The predicted molar refractivity (Wildman–Crippen MR) is 65.1 cm³/mol.